The summed E-state index contributed by atoms with van der Waals surface area (Å²) in [4.78, 5) is 20.7. The zero-order chi connectivity index (χ0) is 9.07. The van der Waals surface area contributed by atoms with Crippen LogP contribution in [0.3, 0.4) is 0 Å². The number of aliphatic hydroxyl groups excluding tert-OH is 1. The van der Waals surface area contributed by atoms with Crippen LogP contribution in [0.4, 0.5) is 0 Å². The highest BCUT2D eigenvalue weighted by Crippen LogP contribution is 2.22. The average molecular weight is 178 g/mol. The minimum atomic E-state index is -1.70. The zero-order valence-electron chi connectivity index (χ0n) is 5.77. The summed E-state index contributed by atoms with van der Waals surface area (Å²) in [5.41, 5.74) is 0. The van der Waals surface area contributed by atoms with Crippen LogP contribution < -0.4 is 0 Å². The molecule has 0 radical (unpaired) electrons. The van der Waals surface area contributed by atoms with Gasteiger partial charge in [0.15, 0.2) is 8.46 Å². The summed E-state index contributed by atoms with van der Waals surface area (Å²) in [6, 6.07) is 0. The molecule has 0 aromatic rings. The summed E-state index contributed by atoms with van der Waals surface area (Å²) in [6.07, 6.45) is 0. The number of hydrogen-bond donors (Lipinski definition) is 2. The van der Waals surface area contributed by atoms with Gasteiger partial charge in [-0.1, -0.05) is 0 Å². The van der Waals surface area contributed by atoms with Crippen LogP contribution in [0.25, 0.3) is 0 Å². The highest BCUT2D eigenvalue weighted by molar-refractivity contribution is 7.28. The van der Waals surface area contributed by atoms with Gasteiger partial charge < -0.3 is 10.2 Å². The van der Waals surface area contributed by atoms with Gasteiger partial charge in [-0.05, 0) is 6.92 Å². The number of ketones is 1. The number of carboxylic acid groups (broad SMARTS) is 1. The van der Waals surface area contributed by atoms with Gasteiger partial charge >= 0.3 is 5.97 Å². The third kappa shape index (κ3) is 2.06. The standard InChI is InChI=1S/C5H7O5P/c1-5(2-6,11-10)3(7)4(8)9/h6H,2H2,1H3,(H,8,9). The van der Waals surface area contributed by atoms with Gasteiger partial charge in [0, 0.05) is 0 Å². The van der Waals surface area contributed by atoms with Gasteiger partial charge in [0.2, 0.25) is 0 Å². The van der Waals surface area contributed by atoms with Gasteiger partial charge in [-0.15, -0.1) is 0 Å². The zero-order valence-corrected chi connectivity index (χ0v) is 6.67. The van der Waals surface area contributed by atoms with Gasteiger partial charge in [0.25, 0.3) is 5.78 Å². The van der Waals surface area contributed by atoms with Crippen molar-refractivity contribution in [1.82, 2.24) is 0 Å². The monoisotopic (exact) mass is 178 g/mol. The molecule has 2 N–H and O–H groups in total. The number of carbonyl (C=O) groups is 2. The van der Waals surface area contributed by atoms with E-state index in [-0.39, 0.29) is 0 Å². The van der Waals surface area contributed by atoms with Crippen molar-refractivity contribution >= 4 is 20.2 Å². The van der Waals surface area contributed by atoms with Crippen LogP contribution in [0.2, 0.25) is 0 Å². The second kappa shape index (κ2) is 3.55. The SMILES string of the molecule is CC(CO)(P=O)C(=O)C(=O)O. The van der Waals surface area contributed by atoms with Gasteiger partial charge in [-0.2, -0.15) is 0 Å². The molecule has 0 saturated heterocycles. The van der Waals surface area contributed by atoms with E-state index in [0.717, 1.165) is 6.92 Å². The van der Waals surface area contributed by atoms with Crippen LogP contribution in [0, 0.1) is 0 Å². The average Bonchev–Trinajstić information content (AvgIpc) is 2.01. The molecule has 0 aliphatic rings. The van der Waals surface area contributed by atoms with Crippen LogP contribution in [-0.2, 0) is 14.2 Å². The molecule has 62 valence electrons. The molecule has 1 unspecified atom stereocenters. The number of aliphatic hydroxyl groups is 1. The molecular formula is C5H7O5P. The molecule has 0 spiro atoms. The predicted octanol–water partition coefficient (Wildman–Crippen LogP) is -0.317. The van der Waals surface area contributed by atoms with Crippen molar-refractivity contribution in [1.29, 1.82) is 0 Å². The Morgan fingerprint density at radius 3 is 2.09 bits per heavy atom. The van der Waals surface area contributed by atoms with Gasteiger partial charge in [0.05, 0.1) is 6.61 Å². The van der Waals surface area contributed by atoms with E-state index in [1.807, 2.05) is 0 Å². The Labute approximate surface area is 64.2 Å². The molecule has 1 atom stereocenters. The van der Waals surface area contributed by atoms with Crippen molar-refractivity contribution in [3.63, 3.8) is 0 Å². The molecule has 0 fully saturated rings. The Bertz CT molecular complexity index is 201. The predicted molar refractivity (Wildman–Crippen MR) is 35.7 cm³/mol. The summed E-state index contributed by atoms with van der Waals surface area (Å²) < 4.78 is 10.3. The maximum absolute atomic E-state index is 10.7. The van der Waals surface area contributed by atoms with Crippen molar-refractivity contribution in [2.45, 2.75) is 12.1 Å². The lowest BCUT2D eigenvalue weighted by Crippen LogP contribution is -2.38. The molecule has 6 heteroatoms. The van der Waals surface area contributed by atoms with Crippen molar-refractivity contribution < 1.29 is 24.4 Å². The summed E-state index contributed by atoms with van der Waals surface area (Å²) in [5.74, 6) is -2.94. The van der Waals surface area contributed by atoms with E-state index in [1.54, 1.807) is 0 Å². The summed E-state index contributed by atoms with van der Waals surface area (Å²) in [6.45, 7) is 0.362. The minimum absolute atomic E-state index is 0.689. The molecule has 0 aliphatic carbocycles. The van der Waals surface area contributed by atoms with Crippen LogP contribution >= 0.6 is 8.46 Å². The van der Waals surface area contributed by atoms with Crippen molar-refractivity contribution in [2.75, 3.05) is 6.61 Å². The normalized spacial score (nSPS) is 15.8. The second-order valence-corrected chi connectivity index (χ2v) is 3.33. The van der Waals surface area contributed by atoms with E-state index in [0.29, 0.717) is 0 Å². The Morgan fingerprint density at radius 2 is 2.00 bits per heavy atom. The van der Waals surface area contributed by atoms with E-state index in [4.69, 9.17) is 10.2 Å². The first-order valence-corrected chi connectivity index (χ1v) is 3.52. The molecule has 0 saturated carbocycles. The molecule has 0 rings (SSSR count). The first kappa shape index (κ1) is 10.2. The minimum Gasteiger partial charge on any atom is -0.475 e. The Kier molecular flexibility index (Phi) is 3.29. The maximum atomic E-state index is 10.7. The van der Waals surface area contributed by atoms with E-state index >= 15 is 0 Å². The molecule has 0 heterocycles. The van der Waals surface area contributed by atoms with Crippen molar-refractivity contribution in [3.05, 3.63) is 0 Å². The third-order valence-corrected chi connectivity index (χ3v) is 1.94. The number of rotatable bonds is 4. The smallest absolute Gasteiger partial charge is 0.373 e. The first-order chi connectivity index (χ1) is 4.98. The van der Waals surface area contributed by atoms with Crippen molar-refractivity contribution in [3.8, 4) is 0 Å². The molecule has 0 aliphatic heterocycles. The van der Waals surface area contributed by atoms with Crippen LogP contribution in [0.15, 0.2) is 0 Å². The highest BCUT2D eigenvalue weighted by Gasteiger charge is 2.38. The quantitative estimate of drug-likeness (QED) is 0.454. The number of hydrogen-bond acceptors (Lipinski definition) is 4. The second-order valence-electron chi connectivity index (χ2n) is 2.16. The van der Waals surface area contributed by atoms with Gasteiger partial charge in [0.1, 0.15) is 5.16 Å². The number of carboxylic acids is 1. The molecular weight excluding hydrogens is 171 g/mol. The molecule has 0 bridgehead atoms. The molecule has 0 aromatic heterocycles. The topological polar surface area (TPSA) is 91.7 Å². The maximum Gasteiger partial charge on any atom is 0.373 e. The fourth-order valence-electron chi connectivity index (χ4n) is 0.372. The molecule has 5 nitrogen and oxygen atoms in total. The van der Waals surface area contributed by atoms with Gasteiger partial charge in [-0.25, -0.2) is 4.79 Å². The lowest BCUT2D eigenvalue weighted by atomic mass is 10.1. The lowest BCUT2D eigenvalue weighted by molar-refractivity contribution is -0.150. The number of carbonyl (C=O) groups excluding carboxylic acids is 1. The first-order valence-electron chi connectivity index (χ1n) is 2.71. The number of Topliss-reactive ketones (excluding diaryl/α,β-unsaturated/α-hetero) is 1. The summed E-state index contributed by atoms with van der Waals surface area (Å²) in [5, 5.41) is 15.0. The lowest BCUT2D eigenvalue weighted by Gasteiger charge is -2.12. The fraction of sp³-hybridized carbons (Fsp3) is 0.600. The van der Waals surface area contributed by atoms with Crippen LogP contribution in [-0.4, -0.2) is 33.7 Å². The number of aliphatic carboxylic acids is 1. The van der Waals surface area contributed by atoms with Crippen LogP contribution in [0.5, 0.6) is 0 Å². The highest BCUT2D eigenvalue weighted by atomic mass is 31.1. The van der Waals surface area contributed by atoms with Crippen LogP contribution in [0.1, 0.15) is 6.92 Å². The summed E-state index contributed by atoms with van der Waals surface area (Å²) >= 11 is 0. The molecule has 0 aromatic carbocycles. The summed E-state index contributed by atoms with van der Waals surface area (Å²) in [7, 11) is -0.689. The van der Waals surface area contributed by atoms with Crippen molar-refractivity contribution in [2.24, 2.45) is 0 Å². The van der Waals surface area contributed by atoms with E-state index < -0.39 is 32.0 Å². The van der Waals surface area contributed by atoms with E-state index in [2.05, 4.69) is 0 Å². The van der Waals surface area contributed by atoms with E-state index in [9.17, 15) is 14.2 Å². The fourth-order valence-corrected chi connectivity index (χ4v) is 0.609. The van der Waals surface area contributed by atoms with Gasteiger partial charge in [-0.3, -0.25) is 9.36 Å². The Balaban J connectivity index is 4.64. The third-order valence-electron chi connectivity index (χ3n) is 1.19. The largest absolute Gasteiger partial charge is 0.475 e. The molecule has 0 amide bonds. The Hall–Kier alpha value is -0.800. The Morgan fingerprint density at radius 1 is 1.55 bits per heavy atom. The van der Waals surface area contributed by atoms with E-state index in [1.165, 1.54) is 0 Å². The molecule has 11 heavy (non-hydrogen) atoms.